The summed E-state index contributed by atoms with van der Waals surface area (Å²) in [5, 5.41) is 8.42. The molecule has 0 fully saturated rings. The highest BCUT2D eigenvalue weighted by atomic mass is 19.4. The third kappa shape index (κ3) is 2.73. The molecule has 0 bridgehead atoms. The molecule has 0 unspecified atom stereocenters. The molecule has 0 aliphatic heterocycles. The molecule has 0 aromatic carbocycles. The Hall–Kier alpha value is -1.75. The Balaban J connectivity index is 3.60. The van der Waals surface area contributed by atoms with E-state index in [9.17, 15) is 22.0 Å². The molecule has 8 heteroatoms. The Bertz CT molecular complexity index is 476. The first-order valence-corrected chi connectivity index (χ1v) is 4.76. The number of alkyl halides is 5. The second-order valence-electron chi connectivity index (χ2n) is 3.36. The summed E-state index contributed by atoms with van der Waals surface area (Å²) in [6, 6.07) is 1.52. The van der Waals surface area contributed by atoms with E-state index in [0.29, 0.717) is 0 Å². The summed E-state index contributed by atoms with van der Waals surface area (Å²) in [6.45, 7) is -0.610. The molecule has 18 heavy (non-hydrogen) atoms. The molecule has 0 atom stereocenters. The predicted molar refractivity (Wildman–Crippen MR) is 51.4 cm³/mol. The van der Waals surface area contributed by atoms with Crippen molar-refractivity contribution in [3.05, 3.63) is 28.6 Å². The fourth-order valence-electron chi connectivity index (χ4n) is 1.55. The van der Waals surface area contributed by atoms with E-state index in [1.54, 1.807) is 0 Å². The fourth-order valence-corrected chi connectivity index (χ4v) is 1.55. The van der Waals surface area contributed by atoms with Crippen molar-refractivity contribution in [3.63, 3.8) is 0 Å². The Morgan fingerprint density at radius 1 is 1.39 bits per heavy atom. The molecule has 1 aromatic heterocycles. The molecule has 0 amide bonds. The standard InChI is InChI=1S/C10H8F5N3/c11-9(12)7-5(1-2-16)4-18-6(3-17)8(7)10(13,14)15/h4,9H,1,3,17H2. The summed E-state index contributed by atoms with van der Waals surface area (Å²) >= 11 is 0. The Morgan fingerprint density at radius 2 is 2.00 bits per heavy atom. The van der Waals surface area contributed by atoms with Gasteiger partial charge in [0.1, 0.15) is 0 Å². The third-order valence-electron chi connectivity index (χ3n) is 2.24. The van der Waals surface area contributed by atoms with Crippen LogP contribution in [0.15, 0.2) is 6.20 Å². The quantitative estimate of drug-likeness (QED) is 0.854. The number of pyridine rings is 1. The highest BCUT2D eigenvalue weighted by Gasteiger charge is 2.40. The summed E-state index contributed by atoms with van der Waals surface area (Å²) in [5.74, 6) is 0. The minimum Gasteiger partial charge on any atom is -0.325 e. The van der Waals surface area contributed by atoms with Crippen LogP contribution in [0.4, 0.5) is 22.0 Å². The SMILES string of the molecule is N#CCc1cnc(CN)c(C(F)(F)F)c1C(F)F. The van der Waals surface area contributed by atoms with Crippen molar-refractivity contribution < 1.29 is 22.0 Å². The van der Waals surface area contributed by atoms with Crippen LogP contribution >= 0.6 is 0 Å². The van der Waals surface area contributed by atoms with Crippen LogP contribution in [0.5, 0.6) is 0 Å². The van der Waals surface area contributed by atoms with Crippen molar-refractivity contribution in [1.82, 2.24) is 4.98 Å². The third-order valence-corrected chi connectivity index (χ3v) is 2.24. The zero-order valence-corrected chi connectivity index (χ0v) is 8.93. The molecule has 98 valence electrons. The number of nitriles is 1. The lowest BCUT2D eigenvalue weighted by molar-refractivity contribution is -0.140. The molecule has 0 saturated heterocycles. The van der Waals surface area contributed by atoms with E-state index in [4.69, 9.17) is 11.0 Å². The first kappa shape index (κ1) is 14.3. The number of nitrogens with zero attached hydrogens (tertiary/aromatic N) is 2. The van der Waals surface area contributed by atoms with Crippen LogP contribution < -0.4 is 5.73 Å². The van der Waals surface area contributed by atoms with E-state index in [1.165, 1.54) is 6.07 Å². The summed E-state index contributed by atoms with van der Waals surface area (Å²) in [6.07, 6.45) is -8.07. The Labute approximate surface area is 99.0 Å². The van der Waals surface area contributed by atoms with Gasteiger partial charge in [0.15, 0.2) is 0 Å². The number of nitrogens with two attached hydrogens (primary N) is 1. The van der Waals surface area contributed by atoms with Gasteiger partial charge >= 0.3 is 6.18 Å². The van der Waals surface area contributed by atoms with Crippen LogP contribution in [0.1, 0.15) is 28.8 Å². The largest absolute Gasteiger partial charge is 0.418 e. The Morgan fingerprint density at radius 3 is 2.39 bits per heavy atom. The van der Waals surface area contributed by atoms with Crippen molar-refractivity contribution in [1.29, 1.82) is 5.26 Å². The number of hydrogen-bond acceptors (Lipinski definition) is 3. The van der Waals surface area contributed by atoms with Gasteiger partial charge in [-0.05, 0) is 5.56 Å². The van der Waals surface area contributed by atoms with Gasteiger partial charge in [0.25, 0.3) is 6.43 Å². The van der Waals surface area contributed by atoms with Crippen molar-refractivity contribution in [2.45, 2.75) is 25.6 Å². The van der Waals surface area contributed by atoms with E-state index < -0.39 is 48.0 Å². The molecule has 0 spiro atoms. The van der Waals surface area contributed by atoms with Crippen molar-refractivity contribution in [2.75, 3.05) is 0 Å². The predicted octanol–water partition coefficient (Wildman–Crippen LogP) is 2.56. The second-order valence-corrected chi connectivity index (χ2v) is 3.36. The molecular weight excluding hydrogens is 257 g/mol. The zero-order chi connectivity index (χ0) is 13.9. The van der Waals surface area contributed by atoms with E-state index >= 15 is 0 Å². The van der Waals surface area contributed by atoms with Gasteiger partial charge in [-0.25, -0.2) is 8.78 Å². The Kier molecular flexibility index (Phi) is 4.19. The van der Waals surface area contributed by atoms with E-state index in [0.717, 1.165) is 6.20 Å². The first-order valence-electron chi connectivity index (χ1n) is 4.76. The lowest BCUT2D eigenvalue weighted by Gasteiger charge is -2.17. The molecule has 1 aromatic rings. The molecular formula is C10H8F5N3. The number of aromatic nitrogens is 1. The van der Waals surface area contributed by atoms with Crippen LogP contribution in [0.2, 0.25) is 0 Å². The van der Waals surface area contributed by atoms with Crippen molar-refractivity contribution in [2.24, 2.45) is 5.73 Å². The van der Waals surface area contributed by atoms with Gasteiger partial charge in [-0.1, -0.05) is 0 Å². The molecule has 1 heterocycles. The lowest BCUT2D eigenvalue weighted by Crippen LogP contribution is -2.19. The van der Waals surface area contributed by atoms with Gasteiger partial charge in [-0.2, -0.15) is 18.4 Å². The maximum Gasteiger partial charge on any atom is 0.418 e. The molecule has 2 N–H and O–H groups in total. The van der Waals surface area contributed by atoms with Gasteiger partial charge in [0.05, 0.1) is 23.7 Å². The molecule has 0 aliphatic carbocycles. The topological polar surface area (TPSA) is 62.7 Å². The number of halogens is 5. The molecule has 1 rings (SSSR count). The molecule has 0 aliphatic rings. The average Bonchev–Trinajstić information content (AvgIpc) is 2.27. The average molecular weight is 265 g/mol. The summed E-state index contributed by atoms with van der Waals surface area (Å²) < 4.78 is 63.9. The summed E-state index contributed by atoms with van der Waals surface area (Å²) in [7, 11) is 0. The van der Waals surface area contributed by atoms with Gasteiger partial charge in [0, 0.05) is 18.3 Å². The van der Waals surface area contributed by atoms with E-state index in [2.05, 4.69) is 4.98 Å². The van der Waals surface area contributed by atoms with Crippen molar-refractivity contribution >= 4 is 0 Å². The van der Waals surface area contributed by atoms with Crippen LogP contribution in [0.25, 0.3) is 0 Å². The van der Waals surface area contributed by atoms with E-state index in [1.807, 2.05) is 0 Å². The smallest absolute Gasteiger partial charge is 0.325 e. The van der Waals surface area contributed by atoms with E-state index in [-0.39, 0.29) is 0 Å². The van der Waals surface area contributed by atoms with Crippen LogP contribution in [-0.2, 0) is 19.1 Å². The minimum atomic E-state index is -4.99. The fraction of sp³-hybridized carbons (Fsp3) is 0.400. The monoisotopic (exact) mass is 265 g/mol. The molecule has 0 radical (unpaired) electrons. The highest BCUT2D eigenvalue weighted by molar-refractivity contribution is 5.40. The van der Waals surface area contributed by atoms with Crippen LogP contribution in [-0.4, -0.2) is 4.98 Å². The number of hydrogen-bond donors (Lipinski definition) is 1. The van der Waals surface area contributed by atoms with Crippen LogP contribution in [0, 0.1) is 11.3 Å². The first-order chi connectivity index (χ1) is 8.32. The van der Waals surface area contributed by atoms with Gasteiger partial charge in [-0.3, -0.25) is 4.98 Å². The van der Waals surface area contributed by atoms with Gasteiger partial charge in [-0.15, -0.1) is 0 Å². The maximum absolute atomic E-state index is 12.8. The van der Waals surface area contributed by atoms with Gasteiger partial charge < -0.3 is 5.73 Å². The van der Waals surface area contributed by atoms with Crippen molar-refractivity contribution in [3.8, 4) is 6.07 Å². The highest BCUT2D eigenvalue weighted by Crippen LogP contribution is 2.39. The second kappa shape index (κ2) is 5.27. The number of rotatable bonds is 3. The summed E-state index contributed by atoms with van der Waals surface area (Å²) in [5.41, 5.74) is 1.24. The minimum absolute atomic E-state index is 0.433. The summed E-state index contributed by atoms with van der Waals surface area (Å²) in [4.78, 5) is 3.40. The van der Waals surface area contributed by atoms with Gasteiger partial charge in [0.2, 0.25) is 0 Å². The normalized spacial score (nSPS) is 11.7. The zero-order valence-electron chi connectivity index (χ0n) is 8.93. The maximum atomic E-state index is 12.8. The molecule has 3 nitrogen and oxygen atoms in total. The molecule has 0 saturated carbocycles. The van der Waals surface area contributed by atoms with Crippen LogP contribution in [0.3, 0.4) is 0 Å². The lowest BCUT2D eigenvalue weighted by atomic mass is 9.99.